The first-order chi connectivity index (χ1) is 19.0. The Morgan fingerprint density at radius 1 is 1.10 bits per heavy atom. The number of nitriles is 1. The molecular formula is C32H41N5OS2. The fourth-order valence-corrected chi connectivity index (χ4v) is 8.11. The summed E-state index contributed by atoms with van der Waals surface area (Å²) in [5.74, 6) is 1.59. The highest BCUT2D eigenvalue weighted by Crippen LogP contribution is 2.44. The van der Waals surface area contributed by atoms with Crippen LogP contribution in [0.15, 0.2) is 29.4 Å². The fraction of sp³-hybridized carbons (Fsp3) is 0.562. The Balaban J connectivity index is 1.32. The second-order valence-electron chi connectivity index (χ2n) is 13.4. The third-order valence-corrected chi connectivity index (χ3v) is 10.7. The minimum Gasteiger partial charge on any atom is -0.316 e. The van der Waals surface area contributed by atoms with Gasteiger partial charge in [0.25, 0.3) is 0 Å². The minimum absolute atomic E-state index is 0.0908. The van der Waals surface area contributed by atoms with Gasteiger partial charge in [0.05, 0.1) is 11.3 Å². The number of thioether (sulfide) groups is 1. The fourth-order valence-electron chi connectivity index (χ4n) is 6.01. The first kappa shape index (κ1) is 28.9. The molecule has 1 fully saturated rings. The highest BCUT2D eigenvalue weighted by molar-refractivity contribution is 7.99. The standard InChI is InChI=1S/C32H41N5OS2/c1-31(2,3)21-13-11-20(12-14-21)28-35-36-30(37(28)23-9-7-8-10-23)39-19-27(38)34-29-25(18-33)24-16-15-22(32(4,5)6)17-26(24)40-29/h11-14,22-23H,7-10,15-17,19H2,1-6H3,(H,34,38)/t22-/m0/s1. The van der Waals surface area contributed by atoms with Gasteiger partial charge in [0.1, 0.15) is 11.1 Å². The van der Waals surface area contributed by atoms with Crippen LogP contribution in [0.5, 0.6) is 0 Å². The van der Waals surface area contributed by atoms with Gasteiger partial charge in [-0.1, -0.05) is 90.4 Å². The van der Waals surface area contributed by atoms with E-state index in [1.54, 1.807) is 11.3 Å². The van der Waals surface area contributed by atoms with Gasteiger partial charge in [-0.25, -0.2) is 0 Å². The smallest absolute Gasteiger partial charge is 0.235 e. The van der Waals surface area contributed by atoms with Crippen molar-refractivity contribution in [2.45, 2.75) is 103 Å². The monoisotopic (exact) mass is 575 g/mol. The lowest BCUT2D eigenvalue weighted by atomic mass is 9.72. The minimum atomic E-state index is -0.107. The van der Waals surface area contributed by atoms with Crippen LogP contribution in [-0.4, -0.2) is 26.4 Å². The van der Waals surface area contributed by atoms with E-state index in [9.17, 15) is 10.1 Å². The van der Waals surface area contributed by atoms with Crippen LogP contribution < -0.4 is 5.32 Å². The van der Waals surface area contributed by atoms with E-state index in [2.05, 4.69) is 92.0 Å². The summed E-state index contributed by atoms with van der Waals surface area (Å²) >= 11 is 3.02. The number of anilines is 1. The number of rotatable bonds is 6. The Hall–Kier alpha value is -2.63. The second-order valence-corrected chi connectivity index (χ2v) is 15.5. The number of nitrogens with zero attached hydrogens (tertiary/aromatic N) is 4. The van der Waals surface area contributed by atoms with Gasteiger partial charge in [0.2, 0.25) is 5.91 Å². The molecular weight excluding hydrogens is 535 g/mol. The van der Waals surface area contributed by atoms with Crippen LogP contribution >= 0.6 is 23.1 Å². The summed E-state index contributed by atoms with van der Waals surface area (Å²) in [4.78, 5) is 14.4. The molecule has 0 radical (unpaired) electrons. The summed E-state index contributed by atoms with van der Waals surface area (Å²) in [6.45, 7) is 13.5. The predicted octanol–water partition coefficient (Wildman–Crippen LogP) is 8.17. The van der Waals surface area contributed by atoms with Crippen LogP contribution in [0.1, 0.15) is 101 Å². The average molecular weight is 576 g/mol. The number of benzene rings is 1. The number of thiophene rings is 1. The van der Waals surface area contributed by atoms with E-state index in [0.717, 1.165) is 54.2 Å². The van der Waals surface area contributed by atoms with E-state index < -0.39 is 0 Å². The van der Waals surface area contributed by atoms with Gasteiger partial charge in [-0.2, -0.15) is 5.26 Å². The van der Waals surface area contributed by atoms with Crippen molar-refractivity contribution in [1.29, 1.82) is 5.26 Å². The molecule has 0 unspecified atom stereocenters. The maximum Gasteiger partial charge on any atom is 0.235 e. The topological polar surface area (TPSA) is 83.6 Å². The first-order valence-corrected chi connectivity index (χ1v) is 16.3. The van der Waals surface area contributed by atoms with E-state index in [1.165, 1.54) is 35.0 Å². The molecule has 212 valence electrons. The van der Waals surface area contributed by atoms with Crippen molar-refractivity contribution in [3.63, 3.8) is 0 Å². The lowest BCUT2D eigenvalue weighted by Crippen LogP contribution is -2.26. The molecule has 6 nitrogen and oxygen atoms in total. The predicted molar refractivity (Wildman–Crippen MR) is 165 cm³/mol. The van der Waals surface area contributed by atoms with Gasteiger partial charge >= 0.3 is 0 Å². The first-order valence-electron chi connectivity index (χ1n) is 14.5. The SMILES string of the molecule is CC(C)(C)c1ccc(-c2nnc(SCC(=O)Nc3sc4c(c3C#N)CC[C@H](C(C)(C)C)C4)n2C2CCCC2)cc1. The quantitative estimate of drug-likeness (QED) is 0.300. The molecule has 2 aromatic heterocycles. The molecule has 0 bridgehead atoms. The molecule has 0 spiro atoms. The lowest BCUT2D eigenvalue weighted by molar-refractivity contribution is -0.113. The van der Waals surface area contributed by atoms with Crippen molar-refractivity contribution in [2.75, 3.05) is 11.1 Å². The summed E-state index contributed by atoms with van der Waals surface area (Å²) in [7, 11) is 0. The summed E-state index contributed by atoms with van der Waals surface area (Å²) < 4.78 is 2.26. The molecule has 8 heteroatoms. The maximum absolute atomic E-state index is 13.1. The number of carbonyl (C=O) groups excluding carboxylic acids is 1. The van der Waals surface area contributed by atoms with Crippen molar-refractivity contribution >= 4 is 34.0 Å². The number of amides is 1. The third kappa shape index (κ3) is 6.01. The zero-order valence-corrected chi connectivity index (χ0v) is 26.3. The van der Waals surface area contributed by atoms with Crippen molar-refractivity contribution in [3.8, 4) is 17.5 Å². The summed E-state index contributed by atoms with van der Waals surface area (Å²) in [6, 6.07) is 11.4. The molecule has 1 amide bonds. The normalized spacial score (nSPS) is 18.0. The van der Waals surface area contributed by atoms with Crippen molar-refractivity contribution in [2.24, 2.45) is 11.3 Å². The van der Waals surface area contributed by atoms with Crippen LogP contribution in [-0.2, 0) is 23.1 Å². The van der Waals surface area contributed by atoms with Crippen LogP contribution in [0.4, 0.5) is 5.00 Å². The molecule has 3 aromatic rings. The number of hydrogen-bond acceptors (Lipinski definition) is 6. The van der Waals surface area contributed by atoms with Gasteiger partial charge in [0, 0.05) is 16.5 Å². The van der Waals surface area contributed by atoms with Crippen LogP contribution in [0, 0.1) is 22.7 Å². The van der Waals surface area contributed by atoms with E-state index in [-0.39, 0.29) is 22.5 Å². The van der Waals surface area contributed by atoms with Gasteiger partial charge in [0.15, 0.2) is 11.0 Å². The van der Waals surface area contributed by atoms with Crippen molar-refractivity contribution in [1.82, 2.24) is 14.8 Å². The zero-order valence-electron chi connectivity index (χ0n) is 24.6. The molecule has 2 heterocycles. The molecule has 1 saturated carbocycles. The summed E-state index contributed by atoms with van der Waals surface area (Å²) in [5.41, 5.74) is 4.46. The lowest BCUT2D eigenvalue weighted by Gasteiger charge is -2.33. The molecule has 1 N–H and O–H groups in total. The summed E-state index contributed by atoms with van der Waals surface area (Å²) in [5, 5.41) is 23.6. The molecule has 0 aliphatic heterocycles. The molecule has 0 saturated heterocycles. The Morgan fingerprint density at radius 2 is 1.80 bits per heavy atom. The van der Waals surface area contributed by atoms with E-state index >= 15 is 0 Å². The Labute approximate surface area is 247 Å². The van der Waals surface area contributed by atoms with Crippen molar-refractivity contribution < 1.29 is 4.79 Å². The van der Waals surface area contributed by atoms with Gasteiger partial charge in [-0.15, -0.1) is 21.5 Å². The maximum atomic E-state index is 13.1. The number of nitrogens with one attached hydrogen (secondary N) is 1. The Kier molecular flexibility index (Phi) is 8.18. The number of fused-ring (bicyclic) bond motifs is 1. The van der Waals surface area contributed by atoms with Crippen LogP contribution in [0.2, 0.25) is 0 Å². The van der Waals surface area contributed by atoms with E-state index in [1.807, 2.05) is 0 Å². The van der Waals surface area contributed by atoms with Crippen LogP contribution in [0.25, 0.3) is 11.4 Å². The number of hydrogen-bond donors (Lipinski definition) is 1. The largest absolute Gasteiger partial charge is 0.316 e. The van der Waals surface area contributed by atoms with Gasteiger partial charge in [-0.3, -0.25) is 9.36 Å². The number of carbonyl (C=O) groups is 1. The highest BCUT2D eigenvalue weighted by atomic mass is 32.2. The van der Waals surface area contributed by atoms with E-state index in [4.69, 9.17) is 0 Å². The van der Waals surface area contributed by atoms with Crippen LogP contribution in [0.3, 0.4) is 0 Å². The highest BCUT2D eigenvalue weighted by Gasteiger charge is 2.32. The second kappa shape index (κ2) is 11.3. The molecule has 1 aromatic carbocycles. The summed E-state index contributed by atoms with van der Waals surface area (Å²) in [6.07, 6.45) is 7.58. The zero-order chi connectivity index (χ0) is 28.7. The van der Waals surface area contributed by atoms with Gasteiger partial charge in [-0.05, 0) is 60.0 Å². The molecule has 1 atom stereocenters. The van der Waals surface area contributed by atoms with Gasteiger partial charge < -0.3 is 5.32 Å². The average Bonchev–Trinajstić information content (AvgIpc) is 3.64. The number of aromatic nitrogens is 3. The third-order valence-electron chi connectivity index (χ3n) is 8.55. The molecule has 5 rings (SSSR count). The molecule has 2 aliphatic carbocycles. The Morgan fingerprint density at radius 3 is 2.42 bits per heavy atom. The van der Waals surface area contributed by atoms with E-state index in [0.29, 0.717) is 22.5 Å². The molecule has 40 heavy (non-hydrogen) atoms. The molecule has 2 aliphatic rings. The van der Waals surface area contributed by atoms with Crippen molar-refractivity contribution in [3.05, 3.63) is 45.8 Å². The Bertz CT molecular complexity index is 1410.